The predicted octanol–water partition coefficient (Wildman–Crippen LogP) is 2.52. The predicted molar refractivity (Wildman–Crippen MR) is 110 cm³/mol. The van der Waals surface area contributed by atoms with Crippen molar-refractivity contribution in [2.45, 2.75) is 17.9 Å². The van der Waals surface area contributed by atoms with Gasteiger partial charge in [0.05, 0.1) is 17.5 Å². The Morgan fingerprint density at radius 2 is 1.75 bits per heavy atom. The molecule has 1 N–H and O–H groups in total. The summed E-state index contributed by atoms with van der Waals surface area (Å²) in [5.74, 6) is -0.0909. The molecule has 1 amide bonds. The minimum absolute atomic E-state index is 0.0909. The summed E-state index contributed by atoms with van der Waals surface area (Å²) in [6, 6.07) is 15.7. The monoisotopic (exact) mass is 421 g/mol. The zero-order valence-corrected chi connectivity index (χ0v) is 17.3. The van der Waals surface area contributed by atoms with Gasteiger partial charge in [0.25, 0.3) is 0 Å². The van der Waals surface area contributed by atoms with Crippen molar-refractivity contribution in [1.29, 1.82) is 0 Å². The van der Waals surface area contributed by atoms with E-state index in [1.165, 1.54) is 4.31 Å². The van der Waals surface area contributed by atoms with Gasteiger partial charge in [-0.05, 0) is 36.8 Å². The number of carbonyl (C=O) groups excluding carboxylic acids is 1. The number of hydrogen-bond acceptors (Lipinski definition) is 4. The molecule has 0 unspecified atom stereocenters. The van der Waals surface area contributed by atoms with Crippen LogP contribution < -0.4 is 5.32 Å². The van der Waals surface area contributed by atoms with Crippen LogP contribution >= 0.6 is 11.6 Å². The van der Waals surface area contributed by atoms with Crippen LogP contribution in [0.1, 0.15) is 18.5 Å². The van der Waals surface area contributed by atoms with Crippen LogP contribution in [0.4, 0.5) is 0 Å². The third-order valence-corrected chi connectivity index (χ3v) is 6.95. The van der Waals surface area contributed by atoms with E-state index < -0.39 is 10.0 Å². The van der Waals surface area contributed by atoms with Gasteiger partial charge in [-0.25, -0.2) is 8.42 Å². The van der Waals surface area contributed by atoms with Crippen LogP contribution in [0, 0.1) is 0 Å². The van der Waals surface area contributed by atoms with E-state index in [2.05, 4.69) is 5.32 Å². The largest absolute Gasteiger partial charge is 0.348 e. The second-order valence-electron chi connectivity index (χ2n) is 6.84. The lowest BCUT2D eigenvalue weighted by Gasteiger charge is -2.33. The third kappa shape index (κ3) is 5.11. The lowest BCUT2D eigenvalue weighted by atomic mass is 10.1. The van der Waals surface area contributed by atoms with Gasteiger partial charge in [0.2, 0.25) is 15.9 Å². The van der Waals surface area contributed by atoms with Gasteiger partial charge in [-0.3, -0.25) is 9.69 Å². The van der Waals surface area contributed by atoms with Crippen molar-refractivity contribution in [3.63, 3.8) is 0 Å². The van der Waals surface area contributed by atoms with Gasteiger partial charge in [0.1, 0.15) is 0 Å². The summed E-state index contributed by atoms with van der Waals surface area (Å²) in [4.78, 5) is 14.6. The Balaban J connectivity index is 1.51. The maximum absolute atomic E-state index is 12.7. The topological polar surface area (TPSA) is 69.7 Å². The molecule has 1 heterocycles. The number of amides is 1. The van der Waals surface area contributed by atoms with Crippen LogP contribution in [0.15, 0.2) is 59.5 Å². The molecule has 8 heteroatoms. The van der Waals surface area contributed by atoms with E-state index in [0.717, 1.165) is 5.56 Å². The van der Waals surface area contributed by atoms with Gasteiger partial charge in [-0.2, -0.15) is 4.31 Å². The molecule has 28 heavy (non-hydrogen) atoms. The normalized spacial score (nSPS) is 17.2. The number of sulfonamides is 1. The molecule has 1 atom stereocenters. The molecule has 0 spiro atoms. The molecule has 0 aliphatic carbocycles. The van der Waals surface area contributed by atoms with Crippen molar-refractivity contribution in [2.24, 2.45) is 0 Å². The first-order chi connectivity index (χ1) is 13.4. The number of halogens is 1. The first-order valence-corrected chi connectivity index (χ1v) is 11.0. The van der Waals surface area contributed by atoms with E-state index in [1.54, 1.807) is 36.4 Å². The highest BCUT2D eigenvalue weighted by atomic mass is 35.5. The molecule has 1 saturated heterocycles. The van der Waals surface area contributed by atoms with E-state index in [4.69, 9.17) is 11.6 Å². The summed E-state index contributed by atoms with van der Waals surface area (Å²) in [7, 11) is -3.48. The van der Waals surface area contributed by atoms with Crippen LogP contribution in [0.2, 0.25) is 5.02 Å². The van der Waals surface area contributed by atoms with Crippen molar-refractivity contribution in [1.82, 2.24) is 14.5 Å². The summed E-state index contributed by atoms with van der Waals surface area (Å²) < 4.78 is 26.8. The fraction of sp³-hybridized carbons (Fsp3) is 0.350. The number of carbonyl (C=O) groups is 1. The van der Waals surface area contributed by atoms with Crippen LogP contribution in [-0.2, 0) is 14.8 Å². The molecule has 2 aromatic rings. The fourth-order valence-corrected chi connectivity index (χ4v) is 4.86. The summed E-state index contributed by atoms with van der Waals surface area (Å²) in [5.41, 5.74) is 0.944. The molecule has 1 aliphatic heterocycles. The average molecular weight is 422 g/mol. The highest BCUT2D eigenvalue weighted by molar-refractivity contribution is 7.89. The van der Waals surface area contributed by atoms with Gasteiger partial charge in [0, 0.05) is 31.2 Å². The van der Waals surface area contributed by atoms with E-state index in [9.17, 15) is 13.2 Å². The number of nitrogens with zero attached hydrogens (tertiary/aromatic N) is 2. The number of benzene rings is 2. The van der Waals surface area contributed by atoms with Crippen LogP contribution in [-0.4, -0.2) is 56.3 Å². The number of rotatable bonds is 6. The maximum atomic E-state index is 12.7. The van der Waals surface area contributed by atoms with Crippen LogP contribution in [0.25, 0.3) is 0 Å². The number of piperazine rings is 1. The third-order valence-electron chi connectivity index (χ3n) is 4.81. The lowest BCUT2D eigenvalue weighted by Crippen LogP contribution is -2.51. The molecule has 3 rings (SSSR count). The van der Waals surface area contributed by atoms with Crippen LogP contribution in [0.3, 0.4) is 0 Å². The molecule has 2 aromatic carbocycles. The fourth-order valence-electron chi connectivity index (χ4n) is 3.22. The molecule has 150 valence electrons. The van der Waals surface area contributed by atoms with Gasteiger partial charge in [-0.1, -0.05) is 41.9 Å². The first-order valence-electron chi connectivity index (χ1n) is 9.18. The number of nitrogens with one attached hydrogen (secondary N) is 1. The summed E-state index contributed by atoms with van der Waals surface area (Å²) in [6.45, 7) is 3.93. The Morgan fingerprint density at radius 1 is 1.07 bits per heavy atom. The smallest absolute Gasteiger partial charge is 0.243 e. The van der Waals surface area contributed by atoms with Gasteiger partial charge < -0.3 is 5.32 Å². The zero-order chi connectivity index (χ0) is 20.1. The summed E-state index contributed by atoms with van der Waals surface area (Å²) >= 11 is 6.00. The minimum Gasteiger partial charge on any atom is -0.348 e. The Kier molecular flexibility index (Phi) is 6.72. The quantitative estimate of drug-likeness (QED) is 0.778. The second-order valence-corrected chi connectivity index (χ2v) is 9.21. The van der Waals surface area contributed by atoms with Crippen LogP contribution in [0.5, 0.6) is 0 Å². The van der Waals surface area contributed by atoms with E-state index in [-0.39, 0.29) is 18.5 Å². The Labute approximate surface area is 171 Å². The van der Waals surface area contributed by atoms with Gasteiger partial charge in [-0.15, -0.1) is 0 Å². The highest BCUT2D eigenvalue weighted by Crippen LogP contribution is 2.18. The van der Waals surface area contributed by atoms with Crippen molar-refractivity contribution in [3.8, 4) is 0 Å². The minimum atomic E-state index is -3.48. The molecule has 0 aromatic heterocycles. The van der Waals surface area contributed by atoms with Crippen molar-refractivity contribution >= 4 is 27.5 Å². The van der Waals surface area contributed by atoms with E-state index >= 15 is 0 Å². The SMILES string of the molecule is C[C@H](NC(=O)CN1CCN(S(=O)(=O)c2ccccc2)CC1)c1cccc(Cl)c1. The molecule has 0 saturated carbocycles. The Hall–Kier alpha value is -1.93. The second kappa shape index (κ2) is 9.05. The molecule has 6 nitrogen and oxygen atoms in total. The molecule has 0 radical (unpaired) electrons. The molecule has 1 fully saturated rings. The standard InChI is InChI=1S/C20H24ClN3O3S/c1-16(17-6-5-7-18(21)14-17)22-20(25)15-23-10-12-24(13-11-23)28(26,27)19-8-3-2-4-9-19/h2-9,14,16H,10-13,15H2,1H3,(H,22,25)/t16-/m0/s1. The van der Waals surface area contributed by atoms with Crippen molar-refractivity contribution in [3.05, 3.63) is 65.2 Å². The molecular weight excluding hydrogens is 398 g/mol. The summed E-state index contributed by atoms with van der Waals surface area (Å²) in [5, 5.41) is 3.60. The lowest BCUT2D eigenvalue weighted by molar-refractivity contribution is -0.123. The van der Waals surface area contributed by atoms with E-state index in [1.807, 2.05) is 30.0 Å². The highest BCUT2D eigenvalue weighted by Gasteiger charge is 2.29. The number of hydrogen-bond donors (Lipinski definition) is 1. The maximum Gasteiger partial charge on any atom is 0.243 e. The first kappa shape index (κ1) is 20.8. The summed E-state index contributed by atoms with van der Waals surface area (Å²) in [6.07, 6.45) is 0. The van der Waals surface area contributed by atoms with E-state index in [0.29, 0.717) is 36.1 Å². The Bertz CT molecular complexity index is 913. The van der Waals surface area contributed by atoms with Gasteiger partial charge in [0.15, 0.2) is 0 Å². The Morgan fingerprint density at radius 3 is 2.39 bits per heavy atom. The molecular formula is C20H24ClN3O3S. The molecule has 0 bridgehead atoms. The zero-order valence-electron chi connectivity index (χ0n) is 15.7. The average Bonchev–Trinajstić information content (AvgIpc) is 2.69. The molecule has 1 aliphatic rings. The van der Waals surface area contributed by atoms with Gasteiger partial charge >= 0.3 is 0 Å². The van der Waals surface area contributed by atoms with Crippen molar-refractivity contribution in [2.75, 3.05) is 32.7 Å². The van der Waals surface area contributed by atoms with Crippen molar-refractivity contribution < 1.29 is 13.2 Å².